The molecule has 2 atom stereocenters. The fourth-order valence-electron chi connectivity index (χ4n) is 2.42. The number of nitrogens with one attached hydrogen (secondary N) is 2. The zero-order valence-electron chi connectivity index (χ0n) is 14.2. The van der Waals surface area contributed by atoms with Gasteiger partial charge in [0.05, 0.1) is 5.69 Å². The first kappa shape index (κ1) is 16.3. The first-order valence-electron chi connectivity index (χ1n) is 8.33. The maximum absolute atomic E-state index is 5.75. The molecule has 0 saturated heterocycles. The number of benzene rings is 1. The van der Waals surface area contributed by atoms with Gasteiger partial charge < -0.3 is 15.4 Å². The van der Waals surface area contributed by atoms with Crippen LogP contribution in [0.25, 0.3) is 0 Å². The average Bonchev–Trinajstić information content (AvgIpc) is 3.33. The molecule has 3 rings (SSSR count). The number of hydrogen-bond acceptors (Lipinski definition) is 3. The summed E-state index contributed by atoms with van der Waals surface area (Å²) in [6, 6.07) is 14.5. The molecule has 1 aliphatic carbocycles. The summed E-state index contributed by atoms with van der Waals surface area (Å²) in [6.45, 7) is 3.46. The quantitative estimate of drug-likeness (QED) is 0.634. The second kappa shape index (κ2) is 7.81. The minimum absolute atomic E-state index is 0.481. The van der Waals surface area contributed by atoms with Gasteiger partial charge in [0.15, 0.2) is 5.96 Å². The normalized spacial score (nSPS) is 19.7. The van der Waals surface area contributed by atoms with Crippen LogP contribution < -0.4 is 15.4 Å². The lowest BCUT2D eigenvalue weighted by atomic mass is 10.2. The van der Waals surface area contributed by atoms with E-state index in [-0.39, 0.29) is 0 Å². The predicted octanol–water partition coefficient (Wildman–Crippen LogP) is 2.73. The molecule has 0 spiro atoms. The van der Waals surface area contributed by atoms with Gasteiger partial charge >= 0.3 is 0 Å². The van der Waals surface area contributed by atoms with Gasteiger partial charge in [-0.05, 0) is 42.2 Å². The summed E-state index contributed by atoms with van der Waals surface area (Å²) >= 11 is 0. The molecule has 0 amide bonds. The molecule has 0 radical (unpaired) electrons. The lowest BCUT2D eigenvalue weighted by Gasteiger charge is -2.12. The molecule has 1 aromatic heterocycles. The number of guanidine groups is 1. The Labute approximate surface area is 143 Å². The van der Waals surface area contributed by atoms with E-state index in [1.54, 1.807) is 13.2 Å². The lowest BCUT2D eigenvalue weighted by Crippen LogP contribution is -2.38. The van der Waals surface area contributed by atoms with Crippen LogP contribution in [0.1, 0.15) is 24.6 Å². The highest BCUT2D eigenvalue weighted by atomic mass is 16.5. The SMILES string of the molecule is CN=C(NCc1ccc(OCc2ccccn2)cc1)NC1CC1C. The Hall–Kier alpha value is -2.56. The summed E-state index contributed by atoms with van der Waals surface area (Å²) in [5.74, 6) is 2.46. The van der Waals surface area contributed by atoms with Crippen molar-refractivity contribution >= 4 is 5.96 Å². The van der Waals surface area contributed by atoms with E-state index in [1.807, 2.05) is 30.3 Å². The number of ether oxygens (including phenoxy) is 1. The smallest absolute Gasteiger partial charge is 0.191 e. The van der Waals surface area contributed by atoms with E-state index in [2.05, 4.69) is 39.7 Å². The molecular weight excluding hydrogens is 300 g/mol. The van der Waals surface area contributed by atoms with Crippen molar-refractivity contribution in [3.05, 3.63) is 59.9 Å². The van der Waals surface area contributed by atoms with Crippen LogP contribution in [-0.4, -0.2) is 24.0 Å². The van der Waals surface area contributed by atoms with Crippen LogP contribution >= 0.6 is 0 Å². The van der Waals surface area contributed by atoms with Gasteiger partial charge in [0.1, 0.15) is 12.4 Å². The third-order valence-corrected chi connectivity index (χ3v) is 4.15. The van der Waals surface area contributed by atoms with Crippen LogP contribution in [0, 0.1) is 5.92 Å². The summed E-state index contributed by atoms with van der Waals surface area (Å²) in [6.07, 6.45) is 3.00. The first-order valence-corrected chi connectivity index (χ1v) is 8.33. The maximum Gasteiger partial charge on any atom is 0.191 e. The molecule has 1 saturated carbocycles. The molecule has 2 aromatic rings. The second-order valence-electron chi connectivity index (χ2n) is 6.14. The largest absolute Gasteiger partial charge is 0.487 e. The summed E-state index contributed by atoms with van der Waals surface area (Å²) < 4.78 is 5.75. The Balaban J connectivity index is 1.45. The number of hydrogen-bond donors (Lipinski definition) is 2. The third kappa shape index (κ3) is 4.72. The Morgan fingerprint density at radius 3 is 2.67 bits per heavy atom. The summed E-state index contributed by atoms with van der Waals surface area (Å²) in [5.41, 5.74) is 2.11. The number of aliphatic imine (C=N–C) groups is 1. The first-order chi connectivity index (χ1) is 11.7. The molecule has 1 fully saturated rings. The van der Waals surface area contributed by atoms with Crippen LogP contribution in [0.2, 0.25) is 0 Å². The zero-order valence-corrected chi connectivity index (χ0v) is 14.2. The van der Waals surface area contributed by atoms with Crippen molar-refractivity contribution in [1.82, 2.24) is 15.6 Å². The number of aromatic nitrogens is 1. The predicted molar refractivity (Wildman–Crippen MR) is 95.9 cm³/mol. The maximum atomic E-state index is 5.75. The van der Waals surface area contributed by atoms with E-state index in [0.717, 1.165) is 29.9 Å². The molecule has 5 nitrogen and oxygen atoms in total. The Kier molecular flexibility index (Phi) is 5.31. The van der Waals surface area contributed by atoms with Crippen LogP contribution in [0.3, 0.4) is 0 Å². The Morgan fingerprint density at radius 1 is 1.25 bits per heavy atom. The van der Waals surface area contributed by atoms with Gasteiger partial charge in [-0.15, -0.1) is 0 Å². The Morgan fingerprint density at radius 2 is 2.04 bits per heavy atom. The minimum atomic E-state index is 0.481. The highest BCUT2D eigenvalue weighted by Crippen LogP contribution is 2.28. The van der Waals surface area contributed by atoms with Gasteiger partial charge in [0, 0.05) is 25.8 Å². The molecule has 1 aromatic carbocycles. The molecule has 24 heavy (non-hydrogen) atoms. The highest BCUT2D eigenvalue weighted by molar-refractivity contribution is 5.80. The molecule has 1 heterocycles. The van der Waals surface area contributed by atoms with Gasteiger partial charge in [-0.25, -0.2) is 0 Å². The van der Waals surface area contributed by atoms with E-state index >= 15 is 0 Å². The van der Waals surface area contributed by atoms with Gasteiger partial charge in [0.25, 0.3) is 0 Å². The van der Waals surface area contributed by atoms with E-state index < -0.39 is 0 Å². The van der Waals surface area contributed by atoms with Gasteiger partial charge in [0.2, 0.25) is 0 Å². The standard InChI is InChI=1S/C19H24N4O/c1-14-11-18(14)23-19(20-2)22-12-15-6-8-17(9-7-15)24-13-16-5-3-4-10-21-16/h3-10,14,18H,11-13H2,1-2H3,(H2,20,22,23). The molecule has 126 valence electrons. The monoisotopic (exact) mass is 324 g/mol. The van der Waals surface area contributed by atoms with E-state index in [1.165, 1.54) is 12.0 Å². The van der Waals surface area contributed by atoms with Crippen molar-refractivity contribution in [2.24, 2.45) is 10.9 Å². The third-order valence-electron chi connectivity index (χ3n) is 4.15. The van der Waals surface area contributed by atoms with Crippen molar-refractivity contribution in [2.75, 3.05) is 7.05 Å². The summed E-state index contributed by atoms with van der Waals surface area (Å²) in [5, 5.41) is 6.76. The molecule has 5 heteroatoms. The minimum Gasteiger partial charge on any atom is -0.487 e. The van der Waals surface area contributed by atoms with E-state index in [0.29, 0.717) is 12.6 Å². The van der Waals surface area contributed by atoms with Crippen LogP contribution in [0.4, 0.5) is 0 Å². The fraction of sp³-hybridized carbons (Fsp3) is 0.368. The number of rotatable bonds is 6. The molecule has 1 aliphatic rings. The Bertz CT molecular complexity index is 670. The van der Waals surface area contributed by atoms with Crippen molar-refractivity contribution in [2.45, 2.75) is 32.5 Å². The van der Waals surface area contributed by atoms with Crippen molar-refractivity contribution in [3.63, 3.8) is 0 Å². The molecule has 0 bridgehead atoms. The van der Waals surface area contributed by atoms with Crippen molar-refractivity contribution in [3.8, 4) is 5.75 Å². The highest BCUT2D eigenvalue weighted by Gasteiger charge is 2.33. The fourth-order valence-corrected chi connectivity index (χ4v) is 2.42. The number of pyridine rings is 1. The van der Waals surface area contributed by atoms with Crippen LogP contribution in [0.15, 0.2) is 53.7 Å². The summed E-state index contributed by atoms with van der Waals surface area (Å²) in [7, 11) is 1.80. The van der Waals surface area contributed by atoms with Gasteiger partial charge in [-0.1, -0.05) is 25.1 Å². The number of nitrogens with zero attached hydrogens (tertiary/aromatic N) is 2. The lowest BCUT2D eigenvalue weighted by molar-refractivity contribution is 0.301. The molecule has 2 unspecified atom stereocenters. The van der Waals surface area contributed by atoms with Crippen LogP contribution in [0.5, 0.6) is 5.75 Å². The van der Waals surface area contributed by atoms with Gasteiger partial charge in [-0.2, -0.15) is 0 Å². The second-order valence-corrected chi connectivity index (χ2v) is 6.14. The topological polar surface area (TPSA) is 58.5 Å². The zero-order chi connectivity index (χ0) is 16.8. The molecule has 0 aliphatic heterocycles. The average molecular weight is 324 g/mol. The molecular formula is C19H24N4O. The van der Waals surface area contributed by atoms with E-state index in [9.17, 15) is 0 Å². The van der Waals surface area contributed by atoms with Gasteiger partial charge in [-0.3, -0.25) is 9.98 Å². The van der Waals surface area contributed by atoms with Crippen molar-refractivity contribution < 1.29 is 4.74 Å². The van der Waals surface area contributed by atoms with Crippen LogP contribution in [-0.2, 0) is 13.2 Å². The molecule has 2 N–H and O–H groups in total. The van der Waals surface area contributed by atoms with E-state index in [4.69, 9.17) is 4.74 Å². The summed E-state index contributed by atoms with van der Waals surface area (Å²) in [4.78, 5) is 8.51. The van der Waals surface area contributed by atoms with Crippen molar-refractivity contribution in [1.29, 1.82) is 0 Å².